The van der Waals surface area contributed by atoms with Gasteiger partial charge >= 0.3 is 5.97 Å². The van der Waals surface area contributed by atoms with E-state index in [-0.39, 0.29) is 24.6 Å². The first kappa shape index (κ1) is 18.2. The van der Waals surface area contributed by atoms with Crippen molar-refractivity contribution in [3.8, 4) is 5.75 Å². The van der Waals surface area contributed by atoms with Gasteiger partial charge in [-0.1, -0.05) is 0 Å². The molecule has 3 N–H and O–H groups in total. The first-order valence-electron chi connectivity index (χ1n) is 7.62. The number of carbonyl (C=O) groups is 2. The summed E-state index contributed by atoms with van der Waals surface area (Å²) in [5.74, 6) is -0.696. The van der Waals surface area contributed by atoms with Crippen LogP contribution in [0.3, 0.4) is 0 Å². The highest BCUT2D eigenvalue weighted by Crippen LogP contribution is 2.24. The number of ether oxygens (including phenoxy) is 1. The number of aliphatic imine (C=N–C) groups is 1. The molecule has 8 nitrogen and oxygen atoms in total. The summed E-state index contributed by atoms with van der Waals surface area (Å²) < 4.78 is 5.71. The molecule has 1 aromatic heterocycles. The van der Waals surface area contributed by atoms with Crippen LogP contribution in [0, 0.1) is 6.92 Å². The lowest BCUT2D eigenvalue weighted by atomic mass is 10.0. The summed E-state index contributed by atoms with van der Waals surface area (Å²) in [6.45, 7) is 3.30. The number of rotatable bonds is 8. The van der Waals surface area contributed by atoms with Gasteiger partial charge in [0.25, 0.3) is 0 Å². The molecule has 1 aromatic carbocycles. The number of carboxylic acids is 1. The molecule has 0 bridgehead atoms. The van der Waals surface area contributed by atoms with Crippen molar-refractivity contribution in [1.82, 2.24) is 10.2 Å². The normalized spacial score (nSPS) is 11.2. The number of anilines is 1. The van der Waals surface area contributed by atoms with Crippen LogP contribution in [0.1, 0.15) is 23.9 Å². The number of ketones is 1. The van der Waals surface area contributed by atoms with Crippen LogP contribution < -0.4 is 10.1 Å². The van der Waals surface area contributed by atoms with Crippen molar-refractivity contribution in [3.63, 3.8) is 0 Å². The summed E-state index contributed by atoms with van der Waals surface area (Å²) in [6.07, 6.45) is 0. The van der Waals surface area contributed by atoms with Gasteiger partial charge in [0.15, 0.2) is 5.78 Å². The smallest absolute Gasteiger partial charge is 0.322 e. The van der Waals surface area contributed by atoms with Crippen LogP contribution in [0.2, 0.25) is 0 Å². The molecule has 8 heteroatoms. The number of carboxylic acid groups (broad SMARTS) is 1. The Balaban J connectivity index is 2.27. The molecular formula is C17H20N4O4. The van der Waals surface area contributed by atoms with Crippen molar-refractivity contribution in [2.75, 3.05) is 18.9 Å². The topological polar surface area (TPSA) is 117 Å². The van der Waals surface area contributed by atoms with Crippen LogP contribution in [-0.2, 0) is 16.2 Å². The lowest BCUT2D eigenvalue weighted by Gasteiger charge is -2.13. The second kappa shape index (κ2) is 8.09. The lowest BCUT2D eigenvalue weighted by molar-refractivity contribution is -0.134. The Morgan fingerprint density at radius 1 is 1.36 bits per heavy atom. The third kappa shape index (κ3) is 4.90. The number of hydrogen-bond acceptors (Lipinski definition) is 6. The monoisotopic (exact) mass is 344 g/mol. The highest BCUT2D eigenvalue weighted by molar-refractivity contribution is 6.46. The highest BCUT2D eigenvalue weighted by Gasteiger charge is 2.15. The number of Topliss-reactive ketones (excluding diaryl/α,β-unsaturated/α-hetero) is 1. The minimum Gasteiger partial charge on any atom is -0.487 e. The summed E-state index contributed by atoms with van der Waals surface area (Å²) in [4.78, 5) is 26.6. The minimum atomic E-state index is -1.00. The van der Waals surface area contributed by atoms with Crippen LogP contribution in [0.4, 0.5) is 5.69 Å². The zero-order valence-corrected chi connectivity index (χ0v) is 14.3. The zero-order chi connectivity index (χ0) is 18.4. The molecule has 0 unspecified atom stereocenters. The Morgan fingerprint density at radius 2 is 2.12 bits per heavy atom. The predicted molar refractivity (Wildman–Crippen MR) is 93.4 cm³/mol. The molecule has 0 spiro atoms. The van der Waals surface area contributed by atoms with Crippen LogP contribution in [0.15, 0.2) is 29.3 Å². The molecule has 2 rings (SSSR count). The largest absolute Gasteiger partial charge is 0.487 e. The third-order valence-electron chi connectivity index (χ3n) is 3.38. The average molecular weight is 344 g/mol. The van der Waals surface area contributed by atoms with Crippen LogP contribution in [0.5, 0.6) is 5.75 Å². The van der Waals surface area contributed by atoms with Gasteiger partial charge in [0, 0.05) is 30.9 Å². The number of aromatic nitrogens is 2. The maximum absolute atomic E-state index is 11.8. The molecule has 0 saturated carbocycles. The van der Waals surface area contributed by atoms with Gasteiger partial charge in [-0.25, -0.2) is 0 Å². The molecule has 25 heavy (non-hydrogen) atoms. The van der Waals surface area contributed by atoms with E-state index in [1.807, 2.05) is 13.0 Å². The molecule has 0 fully saturated rings. The van der Waals surface area contributed by atoms with Gasteiger partial charge in [0.1, 0.15) is 24.6 Å². The number of nitrogens with zero attached hydrogens (tertiary/aromatic N) is 2. The summed E-state index contributed by atoms with van der Waals surface area (Å²) in [7, 11) is 1.51. The van der Waals surface area contributed by atoms with E-state index in [0.29, 0.717) is 17.0 Å². The number of hydrogen-bond donors (Lipinski definition) is 3. The van der Waals surface area contributed by atoms with Crippen molar-refractivity contribution in [1.29, 1.82) is 0 Å². The molecule has 2 aromatic rings. The van der Waals surface area contributed by atoms with E-state index >= 15 is 0 Å². The molecule has 0 saturated heterocycles. The van der Waals surface area contributed by atoms with Gasteiger partial charge < -0.3 is 15.2 Å². The first-order valence-corrected chi connectivity index (χ1v) is 7.62. The van der Waals surface area contributed by atoms with E-state index in [9.17, 15) is 9.59 Å². The fourth-order valence-corrected chi connectivity index (χ4v) is 2.31. The molecule has 1 heterocycles. The maximum Gasteiger partial charge on any atom is 0.322 e. The second-order valence-corrected chi connectivity index (χ2v) is 5.41. The van der Waals surface area contributed by atoms with E-state index in [1.165, 1.54) is 14.0 Å². The third-order valence-corrected chi connectivity index (χ3v) is 3.38. The van der Waals surface area contributed by atoms with Gasteiger partial charge in [0.2, 0.25) is 0 Å². The lowest BCUT2D eigenvalue weighted by Crippen LogP contribution is -2.18. The van der Waals surface area contributed by atoms with Gasteiger partial charge in [-0.15, -0.1) is 0 Å². The number of aryl methyl sites for hydroxylation is 1. The standard InChI is InChI=1S/C17H20N4O4/c1-10-6-12(21-20-10)9-25-13-4-5-15(19-8-16(23)24)14(7-13)17(18-3)11(2)22/h4-7,19H,8-9H2,1-3H3,(H,20,21)(H,23,24). The SMILES string of the molecule is CN=C(C(C)=O)c1cc(OCc2cc(C)[nH]n2)ccc1NCC(=O)O. The van der Waals surface area contributed by atoms with E-state index in [2.05, 4.69) is 20.5 Å². The van der Waals surface area contributed by atoms with Crippen molar-refractivity contribution in [3.05, 3.63) is 41.2 Å². The Hall–Kier alpha value is -3.16. The van der Waals surface area contributed by atoms with Crippen molar-refractivity contribution < 1.29 is 19.4 Å². The van der Waals surface area contributed by atoms with E-state index in [1.54, 1.807) is 18.2 Å². The van der Waals surface area contributed by atoms with Crippen molar-refractivity contribution >= 4 is 23.2 Å². The molecule has 132 valence electrons. The molecular weight excluding hydrogens is 324 g/mol. The van der Waals surface area contributed by atoms with Crippen molar-refractivity contribution in [2.24, 2.45) is 4.99 Å². The number of aromatic amines is 1. The number of benzene rings is 1. The summed E-state index contributed by atoms with van der Waals surface area (Å²) in [5, 5.41) is 18.6. The average Bonchev–Trinajstić information content (AvgIpc) is 2.97. The maximum atomic E-state index is 11.8. The van der Waals surface area contributed by atoms with Gasteiger partial charge in [-0.2, -0.15) is 5.10 Å². The number of aliphatic carboxylic acids is 1. The molecule has 0 aliphatic heterocycles. The number of nitrogens with one attached hydrogen (secondary N) is 2. The molecule has 0 amide bonds. The van der Waals surface area contributed by atoms with E-state index in [0.717, 1.165) is 11.4 Å². The zero-order valence-electron chi connectivity index (χ0n) is 14.3. The molecule has 0 aliphatic rings. The van der Waals surface area contributed by atoms with Gasteiger partial charge in [-0.05, 0) is 31.2 Å². The fraction of sp³-hybridized carbons (Fsp3) is 0.294. The molecule has 0 aliphatic carbocycles. The minimum absolute atomic E-state index is 0.221. The Labute approximate surface area is 144 Å². The second-order valence-electron chi connectivity index (χ2n) is 5.41. The first-order chi connectivity index (χ1) is 11.9. The number of carbonyl (C=O) groups excluding carboxylic acids is 1. The van der Waals surface area contributed by atoms with Gasteiger partial charge in [0.05, 0.1) is 5.69 Å². The molecule has 0 radical (unpaired) electrons. The van der Waals surface area contributed by atoms with Crippen LogP contribution in [0.25, 0.3) is 0 Å². The highest BCUT2D eigenvalue weighted by atomic mass is 16.5. The summed E-state index contributed by atoms with van der Waals surface area (Å²) >= 11 is 0. The summed E-state index contributed by atoms with van der Waals surface area (Å²) in [6, 6.07) is 6.89. The Kier molecular flexibility index (Phi) is 5.89. The van der Waals surface area contributed by atoms with Gasteiger partial charge in [-0.3, -0.25) is 19.7 Å². The van der Waals surface area contributed by atoms with E-state index < -0.39 is 5.97 Å². The summed E-state index contributed by atoms with van der Waals surface area (Å²) in [5.41, 5.74) is 2.93. The Morgan fingerprint density at radius 3 is 2.68 bits per heavy atom. The van der Waals surface area contributed by atoms with Crippen LogP contribution >= 0.6 is 0 Å². The van der Waals surface area contributed by atoms with E-state index in [4.69, 9.17) is 9.84 Å². The van der Waals surface area contributed by atoms with Crippen molar-refractivity contribution in [2.45, 2.75) is 20.5 Å². The number of H-pyrrole nitrogens is 1. The fourth-order valence-electron chi connectivity index (χ4n) is 2.31. The Bertz CT molecular complexity index is 811. The quantitative estimate of drug-likeness (QED) is 0.629. The molecule has 0 atom stereocenters. The van der Waals surface area contributed by atoms with Crippen LogP contribution in [-0.4, -0.2) is 46.4 Å². The predicted octanol–water partition coefficient (Wildman–Crippen LogP) is 1.80.